The number of imidazole rings is 1. The lowest BCUT2D eigenvalue weighted by atomic mass is 9.85. The number of nitrogens with one attached hydrogen (secondary N) is 2. The first-order valence-corrected chi connectivity index (χ1v) is 15.9. The first kappa shape index (κ1) is 34.1. The summed E-state index contributed by atoms with van der Waals surface area (Å²) in [4.78, 5) is 47.3. The van der Waals surface area contributed by atoms with Crippen molar-refractivity contribution in [2.24, 2.45) is 11.3 Å². The molecule has 2 heterocycles. The number of anilines is 1. The van der Waals surface area contributed by atoms with E-state index in [4.69, 9.17) is 9.47 Å². The Balaban J connectivity index is 1.47. The van der Waals surface area contributed by atoms with Crippen LogP contribution in [0.2, 0.25) is 0 Å². The molecule has 2 aromatic carbocycles. The van der Waals surface area contributed by atoms with Crippen molar-refractivity contribution in [1.29, 1.82) is 0 Å². The molecular formula is C34H42F3N5O5. The maximum absolute atomic E-state index is 14.4. The van der Waals surface area contributed by atoms with E-state index < -0.39 is 58.7 Å². The Bertz CT molecular complexity index is 1650. The van der Waals surface area contributed by atoms with Crippen molar-refractivity contribution >= 4 is 34.5 Å². The number of para-hydroxylation sites is 2. The number of carbonyl (C=O) groups is 3. The number of ether oxygens (including phenoxy) is 2. The van der Waals surface area contributed by atoms with Crippen molar-refractivity contribution in [1.82, 2.24) is 19.8 Å². The maximum atomic E-state index is 14.4. The van der Waals surface area contributed by atoms with E-state index >= 15 is 0 Å². The number of rotatable bonds is 10. The molecule has 2 N–H and O–H groups in total. The zero-order valence-corrected chi connectivity index (χ0v) is 27.5. The monoisotopic (exact) mass is 657 g/mol. The van der Waals surface area contributed by atoms with Crippen LogP contribution in [-0.4, -0.2) is 69.6 Å². The van der Waals surface area contributed by atoms with Crippen LogP contribution < -0.4 is 15.4 Å². The van der Waals surface area contributed by atoms with Gasteiger partial charge in [-0.1, -0.05) is 52.3 Å². The molecule has 47 heavy (non-hydrogen) atoms. The quantitative estimate of drug-likeness (QED) is 0.281. The van der Waals surface area contributed by atoms with Gasteiger partial charge in [-0.05, 0) is 55.0 Å². The molecule has 0 spiro atoms. The predicted octanol–water partition coefficient (Wildman–Crippen LogP) is 5.41. The first-order chi connectivity index (χ1) is 22.1. The highest BCUT2D eigenvalue weighted by molar-refractivity contribution is 5.96. The van der Waals surface area contributed by atoms with E-state index in [9.17, 15) is 27.6 Å². The van der Waals surface area contributed by atoms with Gasteiger partial charge < -0.3 is 25.0 Å². The lowest BCUT2D eigenvalue weighted by Crippen LogP contribution is -2.57. The van der Waals surface area contributed by atoms with Crippen LogP contribution in [0.3, 0.4) is 0 Å². The molecule has 2 aliphatic rings. The Morgan fingerprint density at radius 2 is 1.81 bits per heavy atom. The lowest BCUT2D eigenvalue weighted by molar-refractivity contribution is -0.148. The summed E-state index contributed by atoms with van der Waals surface area (Å²) >= 11 is 0. The van der Waals surface area contributed by atoms with Crippen molar-refractivity contribution in [3.63, 3.8) is 0 Å². The summed E-state index contributed by atoms with van der Waals surface area (Å²) in [5.41, 5.74) is -1.07. The second-order valence-electron chi connectivity index (χ2n) is 13.4. The molecule has 5 rings (SSSR count). The number of aromatic nitrogens is 2. The third kappa shape index (κ3) is 6.75. The Labute approximate surface area is 272 Å². The molecule has 2 amide bonds. The van der Waals surface area contributed by atoms with Crippen LogP contribution in [0.15, 0.2) is 48.5 Å². The number of methoxy groups -OCH3 is 1. The largest absolute Gasteiger partial charge is 0.467 e. The maximum Gasteiger partial charge on any atom is 0.416 e. The topological polar surface area (TPSA) is 115 Å². The average molecular weight is 658 g/mol. The van der Waals surface area contributed by atoms with Gasteiger partial charge in [0.15, 0.2) is 0 Å². The molecule has 0 radical (unpaired) electrons. The second kappa shape index (κ2) is 12.7. The minimum Gasteiger partial charge on any atom is -0.467 e. The van der Waals surface area contributed by atoms with Crippen LogP contribution in [0.5, 0.6) is 6.01 Å². The molecule has 1 saturated heterocycles. The Morgan fingerprint density at radius 3 is 2.43 bits per heavy atom. The molecule has 5 atom stereocenters. The molecule has 10 nitrogen and oxygen atoms in total. The molecule has 1 aromatic heterocycles. The second-order valence-corrected chi connectivity index (χ2v) is 13.4. The van der Waals surface area contributed by atoms with Crippen LogP contribution in [-0.2, 0) is 31.8 Å². The fraction of sp³-hybridized carbons (Fsp3) is 0.529. The summed E-state index contributed by atoms with van der Waals surface area (Å²) in [6.45, 7) is 9.85. The summed E-state index contributed by atoms with van der Waals surface area (Å²) < 4.78 is 53.8. The van der Waals surface area contributed by atoms with Crippen LogP contribution >= 0.6 is 0 Å². The Kier molecular flexibility index (Phi) is 9.22. The van der Waals surface area contributed by atoms with Crippen molar-refractivity contribution in [2.45, 2.75) is 90.3 Å². The zero-order valence-electron chi connectivity index (χ0n) is 27.5. The van der Waals surface area contributed by atoms with Crippen molar-refractivity contribution in [3.8, 4) is 6.01 Å². The van der Waals surface area contributed by atoms with E-state index in [2.05, 4.69) is 15.6 Å². The third-order valence-corrected chi connectivity index (χ3v) is 9.16. The van der Waals surface area contributed by atoms with E-state index in [1.807, 2.05) is 42.7 Å². The SMILES string of the molecule is CC[C@@H]1CC1(NC(=O)[C@@H]1C[C@@H](Oc2nc3ccccc3n2CC)CN1C(=O)[C@@H](Nc1cccc(C(F)(F)F)c1)C(C)(C)C)C(=O)OC. The standard InChI is InChI=1S/C34H42F3N5O5/c1-7-20-18-33(20,30(45)46-6)40-28(43)26-17-23(47-31-39-24-14-9-10-15-25(24)41(31)8-2)19-42(26)29(44)27(32(3,4)5)38-22-13-11-12-21(16-22)34(35,36)37/h9-16,20,23,26-27,38H,7-8,17-19H2,1-6H3,(H,40,43)/t20-,23-,26+,27-,33?/m1/s1. The smallest absolute Gasteiger partial charge is 0.416 e. The number of alkyl halides is 3. The number of amides is 2. The normalized spacial score (nSPS) is 23.3. The molecule has 2 fully saturated rings. The number of hydrogen-bond acceptors (Lipinski definition) is 7. The van der Waals surface area contributed by atoms with E-state index in [1.165, 1.54) is 24.1 Å². The van der Waals surface area contributed by atoms with Gasteiger partial charge in [-0.25, -0.2) is 4.79 Å². The summed E-state index contributed by atoms with van der Waals surface area (Å²) in [5, 5.41) is 5.91. The van der Waals surface area contributed by atoms with Crippen LogP contribution in [0, 0.1) is 11.3 Å². The number of halogens is 3. The van der Waals surface area contributed by atoms with Gasteiger partial charge in [0.05, 0.1) is 30.3 Å². The Morgan fingerprint density at radius 1 is 1.09 bits per heavy atom. The summed E-state index contributed by atoms with van der Waals surface area (Å²) in [5.74, 6) is -1.66. The summed E-state index contributed by atoms with van der Waals surface area (Å²) in [7, 11) is 1.27. The highest BCUT2D eigenvalue weighted by Gasteiger charge is 2.62. The minimum absolute atomic E-state index is 0.0170. The molecule has 1 saturated carbocycles. The van der Waals surface area contributed by atoms with Gasteiger partial charge in [0.1, 0.15) is 23.7 Å². The van der Waals surface area contributed by atoms with E-state index in [1.54, 1.807) is 20.8 Å². The Hall–Kier alpha value is -4.29. The zero-order chi connectivity index (χ0) is 34.3. The van der Waals surface area contributed by atoms with Crippen molar-refractivity contribution < 1.29 is 37.0 Å². The van der Waals surface area contributed by atoms with E-state index in [-0.39, 0.29) is 24.6 Å². The first-order valence-electron chi connectivity index (χ1n) is 15.9. The van der Waals surface area contributed by atoms with Crippen LogP contribution in [0.4, 0.5) is 18.9 Å². The molecule has 254 valence electrons. The van der Waals surface area contributed by atoms with E-state index in [0.29, 0.717) is 25.4 Å². The number of fused-ring (bicyclic) bond motifs is 1. The summed E-state index contributed by atoms with van der Waals surface area (Å²) in [6, 6.07) is 10.5. The number of likely N-dealkylation sites (tertiary alicyclic amines) is 1. The number of nitrogens with zero attached hydrogens (tertiary/aromatic N) is 3. The van der Waals surface area contributed by atoms with Gasteiger partial charge in [0.25, 0.3) is 6.01 Å². The highest BCUT2D eigenvalue weighted by Crippen LogP contribution is 2.47. The van der Waals surface area contributed by atoms with Gasteiger partial charge in [0, 0.05) is 18.7 Å². The van der Waals surface area contributed by atoms with E-state index in [0.717, 1.165) is 23.2 Å². The summed E-state index contributed by atoms with van der Waals surface area (Å²) in [6.07, 6.45) is -4.02. The molecular weight excluding hydrogens is 615 g/mol. The van der Waals surface area contributed by atoms with Crippen molar-refractivity contribution in [3.05, 3.63) is 54.1 Å². The fourth-order valence-corrected chi connectivity index (χ4v) is 6.50. The molecule has 13 heteroatoms. The average Bonchev–Trinajstić information content (AvgIpc) is 3.38. The number of esters is 1. The molecule has 1 unspecified atom stereocenters. The van der Waals surface area contributed by atoms with Gasteiger partial charge in [-0.15, -0.1) is 0 Å². The number of carbonyl (C=O) groups excluding carboxylic acids is 3. The molecule has 0 bridgehead atoms. The predicted molar refractivity (Wildman–Crippen MR) is 170 cm³/mol. The highest BCUT2D eigenvalue weighted by atomic mass is 19.4. The van der Waals surface area contributed by atoms with Crippen LogP contribution in [0.1, 0.15) is 59.4 Å². The number of benzene rings is 2. The third-order valence-electron chi connectivity index (χ3n) is 9.16. The lowest BCUT2D eigenvalue weighted by Gasteiger charge is -2.36. The van der Waals surface area contributed by atoms with Gasteiger partial charge in [0.2, 0.25) is 11.8 Å². The fourth-order valence-electron chi connectivity index (χ4n) is 6.50. The van der Waals surface area contributed by atoms with Crippen molar-refractivity contribution in [2.75, 3.05) is 19.0 Å². The van der Waals surface area contributed by atoms with Crippen LogP contribution in [0.25, 0.3) is 11.0 Å². The van der Waals surface area contributed by atoms with Gasteiger partial charge >= 0.3 is 12.1 Å². The van der Waals surface area contributed by atoms with Gasteiger partial charge in [-0.2, -0.15) is 18.2 Å². The molecule has 1 aliphatic carbocycles. The minimum atomic E-state index is -4.56. The van der Waals surface area contributed by atoms with Gasteiger partial charge in [-0.3, -0.25) is 14.2 Å². The number of hydrogen-bond donors (Lipinski definition) is 2. The number of aryl methyl sites for hydroxylation is 1. The molecule has 3 aromatic rings. The molecule has 1 aliphatic heterocycles.